The minimum absolute atomic E-state index is 0. The number of aliphatic carboxylic acids is 1. The van der Waals surface area contributed by atoms with Gasteiger partial charge in [-0.25, -0.2) is 0 Å². The molecule has 6 N–H and O–H groups in total. The fourth-order valence-electron chi connectivity index (χ4n) is 1.48. The molecular weight excluding hydrogens is 573 g/mol. The Hall–Kier alpha value is 0.640. The molecule has 1 aromatic carbocycles. The molecule has 0 aliphatic heterocycles. The third kappa shape index (κ3) is 4.34. The summed E-state index contributed by atoms with van der Waals surface area (Å²) in [5, 5.41) is 11.0. The lowest BCUT2D eigenvalue weighted by Gasteiger charge is -2.19. The van der Waals surface area contributed by atoms with Gasteiger partial charge < -0.3 is 21.8 Å². The molecule has 0 aliphatic rings. The van der Waals surface area contributed by atoms with Crippen LogP contribution in [-0.2, 0) is 11.2 Å². The highest BCUT2D eigenvalue weighted by Crippen LogP contribution is 2.31. The van der Waals surface area contributed by atoms with Crippen LogP contribution >= 0.6 is 67.8 Å². The number of quaternary nitrogens is 1. The summed E-state index contributed by atoms with van der Waals surface area (Å²) >= 11 is 6.59. The van der Waals surface area contributed by atoms with E-state index < -0.39 is 11.9 Å². The van der Waals surface area contributed by atoms with E-state index in [9.17, 15) is 9.90 Å². The number of anilines is 1. The number of halogens is 3. The normalized spacial score (nSPS) is 11.8. The maximum absolute atomic E-state index is 11.0. The van der Waals surface area contributed by atoms with Gasteiger partial charge >= 0.3 is 0 Å². The van der Waals surface area contributed by atoms with Crippen molar-refractivity contribution in [3.63, 3.8) is 0 Å². The molecule has 0 bridgehead atoms. The smallest absolute Gasteiger partial charge is 0.0588 e. The van der Waals surface area contributed by atoms with Crippen molar-refractivity contribution in [2.45, 2.75) is 19.8 Å². The van der Waals surface area contributed by atoms with Gasteiger partial charge in [0.15, 0.2) is 0 Å². The largest absolute Gasteiger partial charge is 0.550 e. The number of carbonyl (C=O) groups excluding carboxylic acids is 1. The number of rotatable bonds is 4. The Morgan fingerprint density at radius 1 is 1.39 bits per heavy atom. The molecule has 0 aliphatic carbocycles. The fourth-order valence-corrected chi connectivity index (χ4v) is 5.29. The van der Waals surface area contributed by atoms with Crippen LogP contribution in [0.25, 0.3) is 0 Å². The van der Waals surface area contributed by atoms with Gasteiger partial charge in [0.1, 0.15) is 0 Å². The van der Waals surface area contributed by atoms with Gasteiger partial charge in [-0.05, 0) is 92.2 Å². The zero-order valence-electron chi connectivity index (χ0n) is 10.1. The molecule has 1 rings (SSSR count). The van der Waals surface area contributed by atoms with Crippen molar-refractivity contribution < 1.29 is 9.90 Å². The van der Waals surface area contributed by atoms with E-state index in [-0.39, 0.29) is 6.15 Å². The average Bonchev–Trinajstić information content (AvgIpc) is 2.26. The van der Waals surface area contributed by atoms with E-state index in [2.05, 4.69) is 67.8 Å². The highest BCUT2D eigenvalue weighted by molar-refractivity contribution is 14.1. The minimum atomic E-state index is -0.990. The van der Waals surface area contributed by atoms with Crippen LogP contribution in [0.4, 0.5) is 5.69 Å². The van der Waals surface area contributed by atoms with Crippen LogP contribution in [0.15, 0.2) is 6.07 Å². The molecule has 0 aromatic heterocycles. The first-order chi connectivity index (χ1) is 7.88. The lowest BCUT2D eigenvalue weighted by molar-refractivity contribution is -0.311. The lowest BCUT2D eigenvalue weighted by Crippen LogP contribution is -2.32. The SMILES string of the molecule is CCC(Cc1c(I)cc(I)c(N)c1I)C(=O)[O-].[NH4+]. The molecule has 0 saturated heterocycles. The molecular formula is C11H15I3N2O2. The van der Waals surface area contributed by atoms with Crippen LogP contribution in [0.3, 0.4) is 0 Å². The van der Waals surface area contributed by atoms with Gasteiger partial charge in [-0.1, -0.05) is 6.92 Å². The summed E-state index contributed by atoms with van der Waals surface area (Å²) in [6.45, 7) is 1.86. The number of nitrogen functional groups attached to an aromatic ring is 1. The van der Waals surface area contributed by atoms with Crippen molar-refractivity contribution in [2.24, 2.45) is 5.92 Å². The number of nitrogens with two attached hydrogens (primary N) is 1. The minimum Gasteiger partial charge on any atom is -0.550 e. The molecule has 7 heteroatoms. The molecule has 1 unspecified atom stereocenters. The Morgan fingerprint density at radius 2 is 1.94 bits per heavy atom. The van der Waals surface area contributed by atoms with Crippen molar-refractivity contribution in [1.29, 1.82) is 0 Å². The number of hydrogen-bond donors (Lipinski definition) is 2. The summed E-state index contributed by atoms with van der Waals surface area (Å²) in [6, 6.07) is 1.98. The number of carbonyl (C=O) groups is 1. The molecule has 0 amide bonds. The topological polar surface area (TPSA) is 103 Å². The molecule has 0 heterocycles. The van der Waals surface area contributed by atoms with E-state index in [0.717, 1.165) is 22.0 Å². The number of benzene rings is 1. The Morgan fingerprint density at radius 3 is 2.39 bits per heavy atom. The lowest BCUT2D eigenvalue weighted by atomic mass is 9.97. The Bertz CT molecular complexity index is 452. The van der Waals surface area contributed by atoms with E-state index in [1.54, 1.807) is 0 Å². The van der Waals surface area contributed by atoms with Gasteiger partial charge in [0, 0.05) is 22.6 Å². The van der Waals surface area contributed by atoms with Gasteiger partial charge in [-0.3, -0.25) is 0 Å². The second-order valence-corrected chi connectivity index (χ2v) is 7.08. The number of carboxylic acids is 1. The summed E-state index contributed by atoms with van der Waals surface area (Å²) in [6.07, 6.45) is 1.05. The highest BCUT2D eigenvalue weighted by Gasteiger charge is 2.16. The van der Waals surface area contributed by atoms with Crippen LogP contribution in [-0.4, -0.2) is 5.97 Å². The van der Waals surface area contributed by atoms with E-state index in [0.29, 0.717) is 12.8 Å². The zero-order chi connectivity index (χ0) is 13.2. The van der Waals surface area contributed by atoms with Crippen molar-refractivity contribution >= 4 is 79.4 Å². The first-order valence-corrected chi connectivity index (χ1v) is 8.24. The Labute approximate surface area is 147 Å². The second-order valence-electron chi connectivity index (χ2n) is 3.67. The maximum Gasteiger partial charge on any atom is 0.0588 e. The monoisotopic (exact) mass is 588 g/mol. The first kappa shape index (κ1) is 18.6. The summed E-state index contributed by atoms with van der Waals surface area (Å²) < 4.78 is 3.02. The molecule has 1 atom stereocenters. The van der Waals surface area contributed by atoms with Crippen LogP contribution in [0.5, 0.6) is 0 Å². The van der Waals surface area contributed by atoms with Gasteiger partial charge in [0.25, 0.3) is 0 Å². The molecule has 102 valence electrons. The van der Waals surface area contributed by atoms with Crippen LogP contribution < -0.4 is 17.0 Å². The summed E-state index contributed by atoms with van der Waals surface area (Å²) in [7, 11) is 0. The first-order valence-electron chi connectivity index (χ1n) is 5.01. The molecule has 0 spiro atoms. The van der Waals surface area contributed by atoms with Crippen molar-refractivity contribution in [1.82, 2.24) is 6.15 Å². The molecule has 4 nitrogen and oxygen atoms in total. The average molecular weight is 588 g/mol. The standard InChI is InChI=1S/C11H12I3NO2.H3N/c1-2-5(11(16)17)3-6-7(12)4-8(13)10(15)9(6)14;/h4-5H,2-3,15H2,1H3,(H,16,17);1H3. The number of carboxylic acid groups (broad SMARTS) is 1. The third-order valence-electron chi connectivity index (χ3n) is 2.58. The molecule has 18 heavy (non-hydrogen) atoms. The summed E-state index contributed by atoms with van der Waals surface area (Å²) in [5.41, 5.74) is 7.71. The van der Waals surface area contributed by atoms with Crippen LogP contribution in [0.1, 0.15) is 18.9 Å². The Balaban J connectivity index is 0.00000289. The van der Waals surface area contributed by atoms with Gasteiger partial charge in [0.2, 0.25) is 0 Å². The quantitative estimate of drug-likeness (QED) is 0.418. The van der Waals surface area contributed by atoms with Gasteiger partial charge in [-0.15, -0.1) is 0 Å². The zero-order valence-corrected chi connectivity index (χ0v) is 16.6. The van der Waals surface area contributed by atoms with E-state index in [4.69, 9.17) is 5.73 Å². The van der Waals surface area contributed by atoms with Crippen molar-refractivity contribution in [3.8, 4) is 0 Å². The second kappa shape index (κ2) is 8.04. The third-order valence-corrected chi connectivity index (χ3v) is 5.66. The van der Waals surface area contributed by atoms with E-state index >= 15 is 0 Å². The van der Waals surface area contributed by atoms with Crippen molar-refractivity contribution in [2.75, 3.05) is 5.73 Å². The van der Waals surface area contributed by atoms with Gasteiger partial charge in [-0.2, -0.15) is 0 Å². The molecule has 0 saturated carbocycles. The Kier molecular flexibility index (Phi) is 8.33. The van der Waals surface area contributed by atoms with Crippen LogP contribution in [0, 0.1) is 16.6 Å². The van der Waals surface area contributed by atoms with E-state index in [1.807, 2.05) is 13.0 Å². The maximum atomic E-state index is 11.0. The van der Waals surface area contributed by atoms with Crippen molar-refractivity contribution in [3.05, 3.63) is 22.3 Å². The molecule has 0 fully saturated rings. The fraction of sp³-hybridized carbons (Fsp3) is 0.364. The van der Waals surface area contributed by atoms with Crippen LogP contribution in [0.2, 0.25) is 0 Å². The predicted molar refractivity (Wildman–Crippen MR) is 97.5 cm³/mol. The molecule has 1 aromatic rings. The van der Waals surface area contributed by atoms with E-state index in [1.165, 1.54) is 0 Å². The summed E-state index contributed by atoms with van der Waals surface area (Å²) in [4.78, 5) is 11.0. The van der Waals surface area contributed by atoms with Gasteiger partial charge in [0.05, 0.1) is 5.69 Å². The number of hydrogen-bond acceptors (Lipinski definition) is 3. The molecule has 0 radical (unpaired) electrons. The highest BCUT2D eigenvalue weighted by atomic mass is 127. The summed E-state index contributed by atoms with van der Waals surface area (Å²) in [5.74, 6) is -1.44. The predicted octanol–water partition coefficient (Wildman–Crippen LogP) is 2.78.